The van der Waals surface area contributed by atoms with E-state index in [0.717, 1.165) is 12.1 Å². The number of hydrogen-bond donors (Lipinski definition) is 2. The Morgan fingerprint density at radius 1 is 1.24 bits per heavy atom. The van der Waals surface area contributed by atoms with Gasteiger partial charge in [-0.15, -0.1) is 0 Å². The van der Waals surface area contributed by atoms with E-state index in [1.165, 1.54) is 11.0 Å². The van der Waals surface area contributed by atoms with Crippen LogP contribution in [0, 0.1) is 0 Å². The number of benzene rings is 1. The number of aromatic nitrogens is 3. The van der Waals surface area contributed by atoms with Crippen molar-refractivity contribution < 1.29 is 8.42 Å². The van der Waals surface area contributed by atoms with Crippen molar-refractivity contribution in [2.45, 2.75) is 24.9 Å². The van der Waals surface area contributed by atoms with Gasteiger partial charge in [0.25, 0.3) is 0 Å². The lowest BCUT2D eigenvalue weighted by molar-refractivity contribution is 0.576. The lowest BCUT2D eigenvalue weighted by Gasteiger charge is -2.11. The van der Waals surface area contributed by atoms with E-state index in [-0.39, 0.29) is 11.4 Å². The van der Waals surface area contributed by atoms with Crippen molar-refractivity contribution >= 4 is 10.0 Å². The largest absolute Gasteiger partial charge is 0.313 e. The SMILES string of the molecule is CCNCc1ccccc1S(=O)(=O)NCc1ncn(C)n1. The number of sulfonamides is 1. The summed E-state index contributed by atoms with van der Waals surface area (Å²) < 4.78 is 28.8. The van der Waals surface area contributed by atoms with Crippen LogP contribution in [-0.2, 0) is 30.2 Å². The summed E-state index contributed by atoms with van der Waals surface area (Å²) in [5, 5.41) is 7.18. The summed E-state index contributed by atoms with van der Waals surface area (Å²) in [6, 6.07) is 6.94. The molecule has 0 unspecified atom stereocenters. The summed E-state index contributed by atoms with van der Waals surface area (Å²) in [6.45, 7) is 3.33. The van der Waals surface area contributed by atoms with Gasteiger partial charge in [0, 0.05) is 13.6 Å². The van der Waals surface area contributed by atoms with Crippen LogP contribution in [0.2, 0.25) is 0 Å². The third-order valence-corrected chi connectivity index (χ3v) is 4.40. The maximum absolute atomic E-state index is 12.4. The number of aryl methyl sites for hydroxylation is 1. The minimum Gasteiger partial charge on any atom is -0.313 e. The zero-order valence-corrected chi connectivity index (χ0v) is 12.9. The van der Waals surface area contributed by atoms with E-state index < -0.39 is 10.0 Å². The molecule has 0 aliphatic rings. The second-order valence-electron chi connectivity index (χ2n) is 4.55. The normalized spacial score (nSPS) is 11.7. The van der Waals surface area contributed by atoms with Gasteiger partial charge in [0.05, 0.1) is 11.4 Å². The van der Waals surface area contributed by atoms with Crippen LogP contribution in [0.5, 0.6) is 0 Å². The molecule has 1 aromatic heterocycles. The van der Waals surface area contributed by atoms with Gasteiger partial charge in [0.1, 0.15) is 6.33 Å². The monoisotopic (exact) mass is 309 g/mol. The van der Waals surface area contributed by atoms with Crippen LogP contribution in [-0.4, -0.2) is 29.7 Å². The molecule has 0 aliphatic carbocycles. The van der Waals surface area contributed by atoms with Crippen LogP contribution in [0.4, 0.5) is 0 Å². The Balaban J connectivity index is 2.15. The molecule has 0 saturated carbocycles. The molecule has 0 aliphatic heterocycles. The minimum atomic E-state index is -3.59. The van der Waals surface area contributed by atoms with Crippen molar-refractivity contribution in [3.63, 3.8) is 0 Å². The van der Waals surface area contributed by atoms with Crippen LogP contribution in [0.1, 0.15) is 18.3 Å². The molecule has 0 amide bonds. The molecule has 1 heterocycles. The summed E-state index contributed by atoms with van der Waals surface area (Å²) in [6.07, 6.45) is 1.53. The number of hydrogen-bond acceptors (Lipinski definition) is 5. The van der Waals surface area contributed by atoms with Crippen molar-refractivity contribution in [3.8, 4) is 0 Å². The molecule has 0 atom stereocenters. The van der Waals surface area contributed by atoms with Crippen LogP contribution >= 0.6 is 0 Å². The number of nitrogens with one attached hydrogen (secondary N) is 2. The molecular weight excluding hydrogens is 290 g/mol. The molecule has 0 fully saturated rings. The fraction of sp³-hybridized carbons (Fsp3) is 0.385. The first-order chi connectivity index (χ1) is 10.0. The first kappa shape index (κ1) is 15.6. The molecule has 21 heavy (non-hydrogen) atoms. The van der Waals surface area contributed by atoms with Gasteiger partial charge in [0.2, 0.25) is 10.0 Å². The fourth-order valence-corrected chi connectivity index (χ4v) is 3.09. The molecule has 7 nitrogen and oxygen atoms in total. The topological polar surface area (TPSA) is 88.9 Å². The van der Waals surface area contributed by atoms with Crippen LogP contribution in [0.15, 0.2) is 35.5 Å². The Labute approximate surface area is 124 Å². The lowest BCUT2D eigenvalue weighted by Crippen LogP contribution is -2.26. The van der Waals surface area contributed by atoms with Gasteiger partial charge < -0.3 is 5.32 Å². The molecular formula is C13H19N5O2S. The zero-order valence-electron chi connectivity index (χ0n) is 12.1. The highest BCUT2D eigenvalue weighted by Gasteiger charge is 2.18. The molecule has 2 N–H and O–H groups in total. The van der Waals surface area contributed by atoms with Crippen molar-refractivity contribution in [1.82, 2.24) is 24.8 Å². The van der Waals surface area contributed by atoms with Crippen molar-refractivity contribution in [1.29, 1.82) is 0 Å². The van der Waals surface area contributed by atoms with E-state index in [4.69, 9.17) is 0 Å². The van der Waals surface area contributed by atoms with Crippen LogP contribution in [0.25, 0.3) is 0 Å². The first-order valence-electron chi connectivity index (χ1n) is 6.65. The Hall–Kier alpha value is -1.77. The zero-order chi connectivity index (χ0) is 15.3. The van der Waals surface area contributed by atoms with Crippen LogP contribution in [0.3, 0.4) is 0 Å². The van der Waals surface area contributed by atoms with Gasteiger partial charge in [0.15, 0.2) is 5.82 Å². The van der Waals surface area contributed by atoms with Gasteiger partial charge in [-0.1, -0.05) is 25.1 Å². The maximum atomic E-state index is 12.4. The molecule has 2 aromatic rings. The lowest BCUT2D eigenvalue weighted by atomic mass is 10.2. The first-order valence-corrected chi connectivity index (χ1v) is 8.14. The number of rotatable bonds is 7. The number of nitrogens with zero attached hydrogens (tertiary/aromatic N) is 3. The van der Waals surface area contributed by atoms with Gasteiger partial charge in [-0.25, -0.2) is 18.1 Å². The van der Waals surface area contributed by atoms with Gasteiger partial charge in [-0.2, -0.15) is 5.10 Å². The quantitative estimate of drug-likeness (QED) is 0.773. The highest BCUT2D eigenvalue weighted by atomic mass is 32.2. The maximum Gasteiger partial charge on any atom is 0.241 e. The summed E-state index contributed by atoms with van der Waals surface area (Å²) in [5.41, 5.74) is 0.737. The van der Waals surface area contributed by atoms with Gasteiger partial charge >= 0.3 is 0 Å². The Morgan fingerprint density at radius 2 is 2.00 bits per heavy atom. The smallest absolute Gasteiger partial charge is 0.241 e. The highest BCUT2D eigenvalue weighted by Crippen LogP contribution is 2.15. The van der Waals surface area contributed by atoms with Crippen LogP contribution < -0.4 is 10.0 Å². The van der Waals surface area contributed by atoms with E-state index in [0.29, 0.717) is 12.4 Å². The second-order valence-corrected chi connectivity index (χ2v) is 6.28. The van der Waals surface area contributed by atoms with E-state index in [9.17, 15) is 8.42 Å². The molecule has 0 bridgehead atoms. The van der Waals surface area contributed by atoms with E-state index in [1.54, 1.807) is 25.2 Å². The third kappa shape index (κ3) is 4.10. The van der Waals surface area contributed by atoms with Gasteiger partial charge in [-0.3, -0.25) is 4.68 Å². The molecule has 0 radical (unpaired) electrons. The third-order valence-electron chi connectivity index (χ3n) is 2.89. The van der Waals surface area contributed by atoms with Crippen molar-refractivity contribution in [3.05, 3.63) is 42.0 Å². The van der Waals surface area contributed by atoms with E-state index in [2.05, 4.69) is 20.1 Å². The average Bonchev–Trinajstić information content (AvgIpc) is 2.89. The van der Waals surface area contributed by atoms with Crippen molar-refractivity contribution in [2.75, 3.05) is 6.54 Å². The summed E-state index contributed by atoms with van der Waals surface area (Å²) in [4.78, 5) is 4.28. The van der Waals surface area contributed by atoms with Gasteiger partial charge in [-0.05, 0) is 18.2 Å². The minimum absolute atomic E-state index is 0.0682. The Bertz CT molecular complexity index is 696. The van der Waals surface area contributed by atoms with E-state index >= 15 is 0 Å². The summed E-state index contributed by atoms with van der Waals surface area (Å²) >= 11 is 0. The molecule has 2 rings (SSSR count). The predicted molar refractivity (Wildman–Crippen MR) is 78.9 cm³/mol. The molecule has 1 aromatic carbocycles. The highest BCUT2D eigenvalue weighted by molar-refractivity contribution is 7.89. The fourth-order valence-electron chi connectivity index (χ4n) is 1.87. The molecule has 0 spiro atoms. The molecule has 0 saturated heterocycles. The summed E-state index contributed by atoms with van der Waals surface area (Å²) in [7, 11) is -1.86. The predicted octanol–water partition coefficient (Wildman–Crippen LogP) is 0.403. The molecule has 8 heteroatoms. The van der Waals surface area contributed by atoms with E-state index in [1.807, 2.05) is 13.0 Å². The standard InChI is InChI=1S/C13H19N5O2S/c1-3-14-8-11-6-4-5-7-12(11)21(19,20)16-9-13-15-10-18(2)17-13/h4-7,10,14,16H,3,8-9H2,1-2H3. The molecule has 114 valence electrons. The average molecular weight is 309 g/mol. The second kappa shape index (κ2) is 6.79. The summed E-state index contributed by atoms with van der Waals surface area (Å²) in [5.74, 6) is 0.435. The Morgan fingerprint density at radius 3 is 2.67 bits per heavy atom. The Kier molecular flexibility index (Phi) is 5.05. The van der Waals surface area contributed by atoms with Crippen molar-refractivity contribution in [2.24, 2.45) is 7.05 Å².